The molecule has 0 atom stereocenters. The Balaban J connectivity index is 1.84. The smallest absolute Gasteiger partial charge is 0.265 e. The highest BCUT2D eigenvalue weighted by molar-refractivity contribution is 7.22. The molecule has 0 aliphatic rings. The topological polar surface area (TPSA) is 60.3 Å². The summed E-state index contributed by atoms with van der Waals surface area (Å²) in [4.78, 5) is 26.8. The average Bonchev–Trinajstić information content (AvgIpc) is 3.18. The Bertz CT molecular complexity index is 1260. The number of hydrogen-bond donors (Lipinski definition) is 1. The van der Waals surface area contributed by atoms with E-state index in [9.17, 15) is 9.59 Å². The Morgan fingerprint density at radius 3 is 2.57 bits per heavy atom. The van der Waals surface area contributed by atoms with E-state index >= 15 is 0 Å². The molecule has 0 unspecified atom stereocenters. The van der Waals surface area contributed by atoms with Gasteiger partial charge in [0.25, 0.3) is 11.5 Å². The molecular formula is C24H24N2O3S. The molecule has 4 aromatic rings. The van der Waals surface area contributed by atoms with Gasteiger partial charge in [0.15, 0.2) is 5.75 Å². The lowest BCUT2D eigenvalue weighted by molar-refractivity contribution is 0.0952. The van der Waals surface area contributed by atoms with Crippen LogP contribution in [0, 0.1) is 0 Å². The van der Waals surface area contributed by atoms with Gasteiger partial charge in [0.1, 0.15) is 10.3 Å². The largest absolute Gasteiger partial charge is 0.494 e. The van der Waals surface area contributed by atoms with Gasteiger partial charge in [-0.05, 0) is 18.1 Å². The van der Waals surface area contributed by atoms with E-state index < -0.39 is 0 Å². The van der Waals surface area contributed by atoms with Crippen molar-refractivity contribution in [3.63, 3.8) is 0 Å². The summed E-state index contributed by atoms with van der Waals surface area (Å²) in [5, 5.41) is 4.40. The summed E-state index contributed by atoms with van der Waals surface area (Å²) in [6, 6.07) is 17.6. The van der Waals surface area contributed by atoms with Crippen molar-refractivity contribution >= 4 is 38.2 Å². The molecule has 5 nitrogen and oxygen atoms in total. The van der Waals surface area contributed by atoms with Crippen LogP contribution in [0.1, 0.15) is 35.0 Å². The molecule has 0 aliphatic heterocycles. The van der Waals surface area contributed by atoms with Crippen molar-refractivity contribution < 1.29 is 9.53 Å². The number of thiophene rings is 1. The molecular weight excluding hydrogens is 396 g/mol. The van der Waals surface area contributed by atoms with E-state index in [1.165, 1.54) is 18.4 Å². The van der Waals surface area contributed by atoms with Gasteiger partial charge < -0.3 is 14.6 Å². The first-order valence-corrected chi connectivity index (χ1v) is 10.9. The van der Waals surface area contributed by atoms with Crippen LogP contribution in [0.5, 0.6) is 5.75 Å². The van der Waals surface area contributed by atoms with Crippen molar-refractivity contribution in [2.24, 2.45) is 0 Å². The molecule has 6 heteroatoms. The van der Waals surface area contributed by atoms with Gasteiger partial charge in [-0.15, -0.1) is 11.3 Å². The summed E-state index contributed by atoms with van der Waals surface area (Å²) in [6.45, 7) is 3.16. The first-order valence-electron chi connectivity index (χ1n) is 10.1. The summed E-state index contributed by atoms with van der Waals surface area (Å²) < 4.78 is 8.20. The first-order chi connectivity index (χ1) is 14.7. The third-order valence-corrected chi connectivity index (χ3v) is 6.41. The number of para-hydroxylation sites is 1. The molecule has 30 heavy (non-hydrogen) atoms. The molecule has 1 amide bonds. The van der Waals surface area contributed by atoms with Crippen LogP contribution in [0.2, 0.25) is 0 Å². The fourth-order valence-corrected chi connectivity index (χ4v) is 4.90. The maximum atomic E-state index is 13.4. The molecule has 0 radical (unpaired) electrons. The number of nitrogens with zero attached hydrogens (tertiary/aromatic N) is 1. The molecule has 2 aromatic carbocycles. The Labute approximate surface area is 178 Å². The number of benzene rings is 2. The number of aromatic nitrogens is 1. The highest BCUT2D eigenvalue weighted by Crippen LogP contribution is 2.39. The molecule has 2 heterocycles. The quantitative estimate of drug-likeness (QED) is 0.460. The number of fused-ring (bicyclic) bond motifs is 3. The lowest BCUT2D eigenvalue weighted by Gasteiger charge is -2.11. The summed E-state index contributed by atoms with van der Waals surface area (Å²) >= 11 is 1.32. The lowest BCUT2D eigenvalue weighted by atomic mass is 10.1. The molecule has 1 N–H and O–H groups in total. The predicted molar refractivity (Wildman–Crippen MR) is 123 cm³/mol. The van der Waals surface area contributed by atoms with Crippen LogP contribution in [-0.2, 0) is 13.1 Å². The second-order valence-corrected chi connectivity index (χ2v) is 8.18. The number of hydrogen-bond acceptors (Lipinski definition) is 4. The minimum absolute atomic E-state index is 0.104. The molecule has 0 aliphatic carbocycles. The maximum absolute atomic E-state index is 13.4. The van der Waals surface area contributed by atoms with Gasteiger partial charge in [-0.1, -0.05) is 61.9 Å². The molecule has 0 fully saturated rings. The number of aryl methyl sites for hydroxylation is 1. The van der Waals surface area contributed by atoms with Crippen LogP contribution >= 0.6 is 11.3 Å². The zero-order valence-corrected chi connectivity index (χ0v) is 17.9. The second-order valence-electron chi connectivity index (χ2n) is 7.16. The number of pyridine rings is 1. The van der Waals surface area contributed by atoms with Gasteiger partial charge >= 0.3 is 0 Å². The van der Waals surface area contributed by atoms with Crippen molar-refractivity contribution in [2.75, 3.05) is 7.11 Å². The number of rotatable bonds is 7. The summed E-state index contributed by atoms with van der Waals surface area (Å²) in [5.41, 5.74) is 1.80. The lowest BCUT2D eigenvalue weighted by Crippen LogP contribution is -2.23. The number of methoxy groups -OCH3 is 1. The van der Waals surface area contributed by atoms with Crippen LogP contribution < -0.4 is 15.6 Å². The molecule has 0 spiro atoms. The highest BCUT2D eigenvalue weighted by Gasteiger charge is 2.24. The van der Waals surface area contributed by atoms with Crippen molar-refractivity contribution in [2.45, 2.75) is 32.9 Å². The van der Waals surface area contributed by atoms with E-state index in [2.05, 4.69) is 12.2 Å². The van der Waals surface area contributed by atoms with Crippen LogP contribution in [0.3, 0.4) is 0 Å². The fourth-order valence-electron chi connectivity index (χ4n) is 3.69. The van der Waals surface area contributed by atoms with Gasteiger partial charge in [0.2, 0.25) is 0 Å². The van der Waals surface area contributed by atoms with Gasteiger partial charge in [0.05, 0.1) is 17.3 Å². The summed E-state index contributed by atoms with van der Waals surface area (Å²) in [5.74, 6) is 0.127. The summed E-state index contributed by atoms with van der Waals surface area (Å²) in [7, 11) is 1.51. The molecule has 0 bridgehead atoms. The minimum Gasteiger partial charge on any atom is -0.494 e. The van der Waals surface area contributed by atoms with Gasteiger partial charge in [-0.3, -0.25) is 9.59 Å². The Hall–Kier alpha value is -3.12. The molecule has 4 rings (SSSR count). The number of amides is 1. The van der Waals surface area contributed by atoms with E-state index in [1.54, 1.807) is 0 Å². The fraction of sp³-hybridized carbons (Fsp3) is 0.250. The Kier molecular flexibility index (Phi) is 5.86. The van der Waals surface area contributed by atoms with Gasteiger partial charge in [-0.2, -0.15) is 0 Å². The number of unbranched alkanes of at least 4 members (excludes halogenated alkanes) is 1. The van der Waals surface area contributed by atoms with Gasteiger partial charge in [0, 0.05) is 18.5 Å². The van der Waals surface area contributed by atoms with Crippen molar-refractivity contribution in [1.82, 2.24) is 9.88 Å². The number of carbonyl (C=O) groups excluding carboxylic acids is 1. The standard InChI is InChI=1S/C24H24N2O3S/c1-3-4-14-26-18-13-9-8-12-17(18)21-19(24(26)28)20(29-2)22(30-21)23(27)25-15-16-10-6-5-7-11-16/h5-13H,3-4,14-15H2,1-2H3,(H,25,27). The first kappa shape index (κ1) is 20.2. The van der Waals surface area contributed by atoms with Crippen molar-refractivity contribution in [1.29, 1.82) is 0 Å². The minimum atomic E-state index is -0.236. The van der Waals surface area contributed by atoms with E-state index in [-0.39, 0.29) is 11.5 Å². The molecule has 0 saturated heterocycles. The number of nitrogens with one attached hydrogen (secondary N) is 1. The zero-order chi connectivity index (χ0) is 21.1. The zero-order valence-electron chi connectivity index (χ0n) is 17.1. The third kappa shape index (κ3) is 3.59. The van der Waals surface area contributed by atoms with E-state index in [0.29, 0.717) is 29.1 Å². The molecule has 154 valence electrons. The second kappa shape index (κ2) is 8.71. The van der Waals surface area contributed by atoms with E-state index in [0.717, 1.165) is 34.0 Å². The summed E-state index contributed by atoms with van der Waals surface area (Å²) in [6.07, 6.45) is 1.90. The van der Waals surface area contributed by atoms with Crippen LogP contribution in [0.15, 0.2) is 59.4 Å². The van der Waals surface area contributed by atoms with Crippen LogP contribution in [0.25, 0.3) is 21.0 Å². The Morgan fingerprint density at radius 2 is 1.83 bits per heavy atom. The molecule has 2 aromatic heterocycles. The number of ether oxygens (including phenoxy) is 1. The predicted octanol–water partition coefficient (Wildman–Crippen LogP) is 4.95. The van der Waals surface area contributed by atoms with E-state index in [1.807, 2.05) is 59.2 Å². The number of carbonyl (C=O) groups is 1. The highest BCUT2D eigenvalue weighted by atomic mass is 32.1. The SMILES string of the molecule is CCCCn1c(=O)c2c(OC)c(C(=O)NCc3ccccc3)sc2c2ccccc21. The van der Waals surface area contributed by atoms with E-state index in [4.69, 9.17) is 4.74 Å². The molecule has 0 saturated carbocycles. The monoisotopic (exact) mass is 420 g/mol. The maximum Gasteiger partial charge on any atom is 0.265 e. The van der Waals surface area contributed by atoms with Crippen LogP contribution in [-0.4, -0.2) is 17.6 Å². The van der Waals surface area contributed by atoms with Gasteiger partial charge in [-0.25, -0.2) is 0 Å². The normalized spacial score (nSPS) is 11.1. The van der Waals surface area contributed by atoms with Crippen molar-refractivity contribution in [3.8, 4) is 5.75 Å². The Morgan fingerprint density at radius 1 is 1.10 bits per heavy atom. The van der Waals surface area contributed by atoms with Crippen molar-refractivity contribution in [3.05, 3.63) is 75.4 Å². The third-order valence-electron chi connectivity index (χ3n) is 5.20. The van der Waals surface area contributed by atoms with Crippen LogP contribution in [0.4, 0.5) is 0 Å². The average molecular weight is 421 g/mol.